The van der Waals surface area contributed by atoms with Crippen molar-refractivity contribution in [3.05, 3.63) is 83.3 Å². The number of carbonyl (C=O) groups excluding carboxylic acids is 1. The van der Waals surface area contributed by atoms with Gasteiger partial charge in [0, 0.05) is 18.7 Å². The molecule has 2 aliphatic rings. The number of hydrogen-bond donors (Lipinski definition) is 0. The van der Waals surface area contributed by atoms with Gasteiger partial charge < -0.3 is 9.32 Å². The topological polar surface area (TPSA) is 64.2 Å². The Morgan fingerprint density at radius 3 is 2.67 bits per heavy atom. The highest BCUT2D eigenvalue weighted by Crippen LogP contribution is 2.37. The van der Waals surface area contributed by atoms with Gasteiger partial charge in [0.25, 0.3) is 0 Å². The predicted molar refractivity (Wildman–Crippen MR) is 129 cm³/mol. The average Bonchev–Trinajstić information content (AvgIpc) is 3.64. The molecule has 0 unspecified atom stereocenters. The molecule has 6 rings (SSSR count). The summed E-state index contributed by atoms with van der Waals surface area (Å²) in [4.78, 5) is 15.4. The molecule has 1 aliphatic heterocycles. The Morgan fingerprint density at radius 1 is 0.970 bits per heavy atom. The molecule has 3 heterocycles. The fourth-order valence-electron chi connectivity index (χ4n) is 4.75. The number of thioether (sulfide) groups is 1. The van der Waals surface area contributed by atoms with E-state index in [1.54, 1.807) is 6.26 Å². The van der Waals surface area contributed by atoms with Gasteiger partial charge in [-0.15, -0.1) is 10.2 Å². The third-order valence-electron chi connectivity index (χ3n) is 6.43. The summed E-state index contributed by atoms with van der Waals surface area (Å²) in [5.41, 5.74) is 5.78. The second kappa shape index (κ2) is 8.56. The van der Waals surface area contributed by atoms with E-state index in [1.807, 2.05) is 24.3 Å². The highest BCUT2D eigenvalue weighted by atomic mass is 32.2. The number of benzene rings is 2. The molecule has 0 saturated carbocycles. The van der Waals surface area contributed by atoms with E-state index in [-0.39, 0.29) is 5.78 Å². The number of ketones is 1. The van der Waals surface area contributed by atoms with Gasteiger partial charge in [-0.1, -0.05) is 48.2 Å². The zero-order chi connectivity index (χ0) is 22.2. The summed E-state index contributed by atoms with van der Waals surface area (Å²) in [6.07, 6.45) is 4.94. The van der Waals surface area contributed by atoms with E-state index in [0.29, 0.717) is 12.3 Å². The van der Waals surface area contributed by atoms with Crippen molar-refractivity contribution < 1.29 is 9.21 Å². The van der Waals surface area contributed by atoms with Gasteiger partial charge in [0.15, 0.2) is 10.9 Å². The summed E-state index contributed by atoms with van der Waals surface area (Å²) in [5, 5.41) is 9.65. The second-order valence-corrected chi connectivity index (χ2v) is 9.50. The second-order valence-electron chi connectivity index (χ2n) is 8.56. The number of fused-ring (bicyclic) bond motifs is 3. The average molecular weight is 457 g/mol. The van der Waals surface area contributed by atoms with Gasteiger partial charge in [0.2, 0.25) is 5.95 Å². The standard InChI is InChI=1S/C26H24N4O2S/c31-24(20-10-9-19-14-18-6-1-2-8-22(18)23(19)15-20)17-33-26-28-27-25(29-11-3-4-12-29)30(26)16-21-7-5-13-32-21/h1-2,5-10,13,15H,3-4,11-12,14,16-17H2. The van der Waals surface area contributed by atoms with Crippen molar-refractivity contribution in [3.63, 3.8) is 0 Å². The Hall–Kier alpha value is -3.32. The van der Waals surface area contributed by atoms with Crippen molar-refractivity contribution in [3.8, 4) is 11.1 Å². The van der Waals surface area contributed by atoms with E-state index in [1.165, 1.54) is 34.0 Å². The molecular formula is C26H24N4O2S. The molecular weight excluding hydrogens is 432 g/mol. The van der Waals surface area contributed by atoms with Gasteiger partial charge >= 0.3 is 0 Å². The van der Waals surface area contributed by atoms with Crippen molar-refractivity contribution in [2.45, 2.75) is 31.0 Å². The van der Waals surface area contributed by atoms with Crippen LogP contribution in [0.4, 0.5) is 5.95 Å². The number of rotatable bonds is 7. The predicted octanol–water partition coefficient (Wildman–Crippen LogP) is 5.07. The zero-order valence-corrected chi connectivity index (χ0v) is 19.1. The third-order valence-corrected chi connectivity index (χ3v) is 7.40. The van der Waals surface area contributed by atoms with Gasteiger partial charge in [-0.25, -0.2) is 0 Å². The lowest BCUT2D eigenvalue weighted by Gasteiger charge is -2.17. The minimum Gasteiger partial charge on any atom is -0.467 e. The SMILES string of the molecule is O=C(CSc1nnc(N2CCCC2)n1Cc1ccco1)c1ccc2c(c1)-c1ccccc1C2. The molecule has 0 atom stereocenters. The smallest absolute Gasteiger partial charge is 0.228 e. The molecule has 166 valence electrons. The Bertz CT molecular complexity index is 1310. The molecule has 1 aliphatic carbocycles. The number of hydrogen-bond acceptors (Lipinski definition) is 6. The van der Waals surface area contributed by atoms with E-state index in [2.05, 4.69) is 50.0 Å². The largest absolute Gasteiger partial charge is 0.467 e. The molecule has 1 saturated heterocycles. The van der Waals surface area contributed by atoms with E-state index in [0.717, 1.165) is 54.8 Å². The minimum atomic E-state index is 0.0995. The van der Waals surface area contributed by atoms with Gasteiger partial charge in [-0.3, -0.25) is 9.36 Å². The van der Waals surface area contributed by atoms with E-state index in [4.69, 9.17) is 4.42 Å². The lowest BCUT2D eigenvalue weighted by Crippen LogP contribution is -2.22. The van der Waals surface area contributed by atoms with Crippen LogP contribution >= 0.6 is 11.8 Å². The molecule has 33 heavy (non-hydrogen) atoms. The maximum atomic E-state index is 13.1. The number of Topliss-reactive ketones (excluding diaryl/α,β-unsaturated/α-hetero) is 1. The van der Waals surface area contributed by atoms with E-state index < -0.39 is 0 Å². The zero-order valence-electron chi connectivity index (χ0n) is 18.2. The fraction of sp³-hybridized carbons (Fsp3) is 0.269. The number of aromatic nitrogens is 3. The van der Waals surface area contributed by atoms with Crippen LogP contribution in [0.3, 0.4) is 0 Å². The molecule has 0 N–H and O–H groups in total. The normalized spacial score (nSPS) is 14.5. The molecule has 4 aromatic rings. The Balaban J connectivity index is 1.22. The molecule has 2 aromatic heterocycles. The maximum Gasteiger partial charge on any atom is 0.228 e. The van der Waals surface area contributed by atoms with Crippen molar-refractivity contribution in [2.75, 3.05) is 23.7 Å². The number of anilines is 1. The molecule has 0 amide bonds. The van der Waals surface area contributed by atoms with Crippen molar-refractivity contribution >= 4 is 23.5 Å². The third kappa shape index (κ3) is 3.86. The quantitative estimate of drug-likeness (QED) is 0.252. The Kier molecular flexibility index (Phi) is 5.26. The van der Waals surface area contributed by atoms with E-state index in [9.17, 15) is 4.79 Å². The number of furan rings is 1. The van der Waals surface area contributed by atoms with Crippen molar-refractivity contribution in [1.82, 2.24) is 14.8 Å². The van der Waals surface area contributed by atoms with Gasteiger partial charge in [0.05, 0.1) is 18.6 Å². The molecule has 1 fully saturated rings. The molecule has 6 nitrogen and oxygen atoms in total. The van der Waals surface area contributed by atoms with Crippen LogP contribution < -0.4 is 4.90 Å². The van der Waals surface area contributed by atoms with Crippen LogP contribution in [0.2, 0.25) is 0 Å². The van der Waals surface area contributed by atoms with Gasteiger partial charge in [0.1, 0.15) is 5.76 Å². The maximum absolute atomic E-state index is 13.1. The molecule has 2 aromatic carbocycles. The summed E-state index contributed by atoms with van der Waals surface area (Å²) in [5.74, 6) is 2.12. The highest BCUT2D eigenvalue weighted by Gasteiger charge is 2.23. The first-order chi connectivity index (χ1) is 16.3. The van der Waals surface area contributed by atoms with Crippen LogP contribution in [-0.2, 0) is 13.0 Å². The molecule has 0 radical (unpaired) electrons. The van der Waals surface area contributed by atoms with Crippen LogP contribution in [-0.4, -0.2) is 39.4 Å². The van der Waals surface area contributed by atoms with E-state index >= 15 is 0 Å². The Labute approximate surface area is 196 Å². The monoisotopic (exact) mass is 456 g/mol. The van der Waals surface area contributed by atoms with Crippen LogP contribution in [0.1, 0.15) is 40.1 Å². The van der Waals surface area contributed by atoms with Crippen LogP contribution in [0.15, 0.2) is 70.4 Å². The van der Waals surface area contributed by atoms with Gasteiger partial charge in [-0.05, 0) is 59.7 Å². The molecule has 0 spiro atoms. The minimum absolute atomic E-state index is 0.0995. The molecule has 0 bridgehead atoms. The van der Waals surface area contributed by atoms with Gasteiger partial charge in [-0.2, -0.15) is 0 Å². The summed E-state index contributed by atoms with van der Waals surface area (Å²) < 4.78 is 7.65. The lowest BCUT2D eigenvalue weighted by molar-refractivity contribution is 0.102. The summed E-state index contributed by atoms with van der Waals surface area (Å²) in [6, 6.07) is 18.4. The fourth-order valence-corrected chi connectivity index (χ4v) is 5.57. The summed E-state index contributed by atoms with van der Waals surface area (Å²) in [6.45, 7) is 2.52. The summed E-state index contributed by atoms with van der Waals surface area (Å²) in [7, 11) is 0. The first-order valence-corrected chi connectivity index (χ1v) is 12.3. The van der Waals surface area contributed by atoms with Crippen LogP contribution in [0.5, 0.6) is 0 Å². The molecule has 7 heteroatoms. The first-order valence-electron chi connectivity index (χ1n) is 11.3. The van der Waals surface area contributed by atoms with Crippen LogP contribution in [0, 0.1) is 0 Å². The van der Waals surface area contributed by atoms with Crippen molar-refractivity contribution in [2.24, 2.45) is 0 Å². The Morgan fingerprint density at radius 2 is 1.82 bits per heavy atom. The highest BCUT2D eigenvalue weighted by molar-refractivity contribution is 7.99. The van der Waals surface area contributed by atoms with Crippen molar-refractivity contribution in [1.29, 1.82) is 0 Å². The van der Waals surface area contributed by atoms with Crippen LogP contribution in [0.25, 0.3) is 11.1 Å². The number of nitrogens with zero attached hydrogens (tertiary/aromatic N) is 4. The number of carbonyl (C=O) groups is 1. The lowest BCUT2D eigenvalue weighted by atomic mass is 10.0. The first kappa shape index (κ1) is 20.3. The summed E-state index contributed by atoms with van der Waals surface area (Å²) >= 11 is 1.44.